The normalized spacial score (nSPS) is 12.1. The number of carbonyl (C=O) groups is 1. The Balaban J connectivity index is 1.92. The number of fused-ring (bicyclic) bond motifs is 1. The summed E-state index contributed by atoms with van der Waals surface area (Å²) in [6.45, 7) is 1.79. The largest absolute Gasteiger partial charge is 0.345 e. The van der Waals surface area contributed by atoms with Gasteiger partial charge in [-0.25, -0.2) is 8.78 Å². The zero-order chi connectivity index (χ0) is 16.4. The second-order valence-corrected chi connectivity index (χ2v) is 5.36. The average molecular weight is 311 g/mol. The molecule has 116 valence electrons. The average Bonchev–Trinajstić information content (AvgIpc) is 2.54. The Morgan fingerprint density at radius 2 is 1.52 bits per heavy atom. The number of benzene rings is 3. The van der Waals surface area contributed by atoms with Crippen molar-refractivity contribution in [2.24, 2.45) is 0 Å². The summed E-state index contributed by atoms with van der Waals surface area (Å²) >= 11 is 0. The minimum atomic E-state index is -0.868. The molecule has 1 amide bonds. The fourth-order valence-corrected chi connectivity index (χ4v) is 2.69. The molecule has 3 aromatic rings. The van der Waals surface area contributed by atoms with E-state index in [1.165, 1.54) is 6.07 Å². The molecule has 2 nitrogen and oxygen atoms in total. The van der Waals surface area contributed by atoms with Crippen molar-refractivity contribution in [2.45, 2.75) is 13.0 Å². The van der Waals surface area contributed by atoms with Gasteiger partial charge in [-0.3, -0.25) is 4.79 Å². The van der Waals surface area contributed by atoms with Gasteiger partial charge in [0.25, 0.3) is 5.91 Å². The van der Waals surface area contributed by atoms with E-state index in [2.05, 4.69) is 5.32 Å². The lowest BCUT2D eigenvalue weighted by atomic mass is 9.99. The van der Waals surface area contributed by atoms with Gasteiger partial charge in [0.05, 0.1) is 6.04 Å². The Morgan fingerprint density at radius 3 is 2.26 bits per heavy atom. The molecular weight excluding hydrogens is 296 g/mol. The van der Waals surface area contributed by atoms with E-state index in [4.69, 9.17) is 0 Å². The number of hydrogen-bond acceptors (Lipinski definition) is 1. The van der Waals surface area contributed by atoms with Crippen LogP contribution in [0, 0.1) is 11.6 Å². The summed E-state index contributed by atoms with van der Waals surface area (Å²) in [6, 6.07) is 16.5. The molecule has 0 saturated heterocycles. The van der Waals surface area contributed by atoms with Crippen LogP contribution in [-0.4, -0.2) is 5.91 Å². The van der Waals surface area contributed by atoms with Crippen LogP contribution in [0.15, 0.2) is 60.7 Å². The lowest BCUT2D eigenvalue weighted by Gasteiger charge is -2.17. The molecule has 0 fully saturated rings. The van der Waals surface area contributed by atoms with Gasteiger partial charge in [0, 0.05) is 0 Å². The highest BCUT2D eigenvalue weighted by Gasteiger charge is 2.19. The van der Waals surface area contributed by atoms with Crippen LogP contribution in [0.1, 0.15) is 28.9 Å². The summed E-state index contributed by atoms with van der Waals surface area (Å²) in [7, 11) is 0. The van der Waals surface area contributed by atoms with Crippen LogP contribution in [0.4, 0.5) is 8.78 Å². The fraction of sp³-hybridized carbons (Fsp3) is 0.105. The Morgan fingerprint density at radius 1 is 0.913 bits per heavy atom. The van der Waals surface area contributed by atoms with Crippen LogP contribution < -0.4 is 5.32 Å². The molecule has 23 heavy (non-hydrogen) atoms. The molecule has 0 radical (unpaired) electrons. The lowest BCUT2D eigenvalue weighted by Crippen LogP contribution is -2.28. The highest BCUT2D eigenvalue weighted by molar-refractivity contribution is 5.95. The molecule has 0 aromatic heterocycles. The van der Waals surface area contributed by atoms with E-state index in [0.717, 1.165) is 28.5 Å². The van der Waals surface area contributed by atoms with Crippen LogP contribution in [0.25, 0.3) is 10.8 Å². The van der Waals surface area contributed by atoms with Crippen molar-refractivity contribution in [2.75, 3.05) is 0 Å². The molecule has 1 N–H and O–H groups in total. The van der Waals surface area contributed by atoms with Crippen LogP contribution in [0.3, 0.4) is 0 Å². The Hall–Kier alpha value is -2.75. The zero-order valence-corrected chi connectivity index (χ0v) is 12.5. The second kappa shape index (κ2) is 6.16. The highest BCUT2D eigenvalue weighted by atomic mass is 19.1. The monoisotopic (exact) mass is 311 g/mol. The van der Waals surface area contributed by atoms with Crippen molar-refractivity contribution in [3.05, 3.63) is 83.4 Å². The number of hydrogen-bond donors (Lipinski definition) is 1. The molecule has 0 aliphatic heterocycles. The smallest absolute Gasteiger partial charge is 0.257 e. The first-order chi connectivity index (χ1) is 11.1. The molecule has 0 aliphatic rings. The third kappa shape index (κ3) is 2.93. The van der Waals surface area contributed by atoms with Gasteiger partial charge in [0.2, 0.25) is 0 Å². The van der Waals surface area contributed by atoms with E-state index >= 15 is 0 Å². The van der Waals surface area contributed by atoms with Gasteiger partial charge in [0.15, 0.2) is 0 Å². The van der Waals surface area contributed by atoms with Gasteiger partial charge in [-0.05, 0) is 35.4 Å². The van der Waals surface area contributed by atoms with Crippen molar-refractivity contribution >= 4 is 16.7 Å². The Labute approximate surface area is 132 Å². The van der Waals surface area contributed by atoms with Gasteiger partial charge >= 0.3 is 0 Å². The van der Waals surface area contributed by atoms with Gasteiger partial charge in [0.1, 0.15) is 17.2 Å². The van der Waals surface area contributed by atoms with Crippen LogP contribution in [0.2, 0.25) is 0 Å². The maximum atomic E-state index is 13.7. The summed E-state index contributed by atoms with van der Waals surface area (Å²) in [5, 5.41) is 4.71. The molecule has 4 heteroatoms. The van der Waals surface area contributed by atoms with Crippen molar-refractivity contribution in [3.8, 4) is 0 Å². The first kappa shape index (κ1) is 15.2. The van der Waals surface area contributed by atoms with Crippen molar-refractivity contribution in [3.63, 3.8) is 0 Å². The minimum absolute atomic E-state index is 0.382. The standard InChI is InChI=1S/C19H15F2NO/c1-12(14-9-4-7-13-6-2-3-8-15(13)14)22-19(23)18-16(20)10-5-11-17(18)21/h2-12H,1H3,(H,22,23). The number of halogens is 2. The number of nitrogens with one attached hydrogen (secondary N) is 1. The van der Waals surface area contributed by atoms with E-state index in [-0.39, 0.29) is 6.04 Å². The topological polar surface area (TPSA) is 29.1 Å². The molecule has 0 aliphatic carbocycles. The summed E-state index contributed by atoms with van der Waals surface area (Å²) in [5.41, 5.74) is 0.341. The Bertz CT molecular complexity index is 851. The van der Waals surface area contributed by atoms with Crippen molar-refractivity contribution in [1.29, 1.82) is 0 Å². The summed E-state index contributed by atoms with van der Waals surface area (Å²) in [6.07, 6.45) is 0. The molecule has 3 aromatic carbocycles. The van der Waals surface area contributed by atoms with E-state index in [9.17, 15) is 13.6 Å². The summed E-state index contributed by atoms with van der Waals surface area (Å²) in [5.74, 6) is -2.50. The highest BCUT2D eigenvalue weighted by Crippen LogP contribution is 2.24. The van der Waals surface area contributed by atoms with Gasteiger partial charge in [-0.1, -0.05) is 48.5 Å². The predicted octanol–water partition coefficient (Wildman–Crippen LogP) is 4.61. The fourth-order valence-electron chi connectivity index (χ4n) is 2.69. The number of amides is 1. The van der Waals surface area contributed by atoms with Gasteiger partial charge < -0.3 is 5.32 Å². The van der Waals surface area contributed by atoms with Gasteiger partial charge in [-0.2, -0.15) is 0 Å². The molecule has 1 unspecified atom stereocenters. The zero-order valence-electron chi connectivity index (χ0n) is 12.5. The van der Waals surface area contributed by atoms with Crippen LogP contribution in [-0.2, 0) is 0 Å². The lowest BCUT2D eigenvalue weighted by molar-refractivity contribution is 0.0931. The van der Waals surface area contributed by atoms with Gasteiger partial charge in [-0.15, -0.1) is 0 Å². The molecular formula is C19H15F2NO. The molecule has 0 bridgehead atoms. The third-order valence-corrected chi connectivity index (χ3v) is 3.83. The van der Waals surface area contributed by atoms with E-state index in [0.29, 0.717) is 0 Å². The summed E-state index contributed by atoms with van der Waals surface area (Å²) < 4.78 is 27.4. The molecule has 0 saturated carbocycles. The van der Waals surface area contributed by atoms with Crippen molar-refractivity contribution in [1.82, 2.24) is 5.32 Å². The first-order valence-electron chi connectivity index (χ1n) is 7.30. The third-order valence-electron chi connectivity index (χ3n) is 3.83. The van der Waals surface area contributed by atoms with E-state index in [1.54, 1.807) is 6.92 Å². The SMILES string of the molecule is CC(NC(=O)c1c(F)cccc1F)c1cccc2ccccc12. The summed E-state index contributed by atoms with van der Waals surface area (Å²) in [4.78, 5) is 12.2. The minimum Gasteiger partial charge on any atom is -0.345 e. The van der Waals surface area contributed by atoms with E-state index in [1.807, 2.05) is 42.5 Å². The first-order valence-corrected chi connectivity index (χ1v) is 7.30. The quantitative estimate of drug-likeness (QED) is 0.752. The number of carbonyl (C=O) groups excluding carboxylic acids is 1. The predicted molar refractivity (Wildman–Crippen MR) is 86.2 cm³/mol. The van der Waals surface area contributed by atoms with E-state index < -0.39 is 23.1 Å². The molecule has 1 atom stereocenters. The number of rotatable bonds is 3. The molecule has 0 spiro atoms. The maximum absolute atomic E-state index is 13.7. The van der Waals surface area contributed by atoms with Crippen LogP contribution in [0.5, 0.6) is 0 Å². The maximum Gasteiger partial charge on any atom is 0.257 e. The van der Waals surface area contributed by atoms with Crippen LogP contribution >= 0.6 is 0 Å². The molecule has 3 rings (SSSR count). The van der Waals surface area contributed by atoms with Crippen molar-refractivity contribution < 1.29 is 13.6 Å². The Kier molecular flexibility index (Phi) is 4.06. The molecule has 0 heterocycles. The second-order valence-electron chi connectivity index (χ2n) is 5.36.